The number of benzene rings is 2. The predicted molar refractivity (Wildman–Crippen MR) is 101 cm³/mol. The second kappa shape index (κ2) is 7.51. The van der Waals surface area contributed by atoms with E-state index in [1.165, 1.54) is 6.07 Å². The lowest BCUT2D eigenvalue weighted by atomic mass is 9.99. The van der Waals surface area contributed by atoms with E-state index < -0.39 is 11.7 Å². The summed E-state index contributed by atoms with van der Waals surface area (Å²) in [4.78, 5) is 2.94. The molecule has 26 heavy (non-hydrogen) atoms. The van der Waals surface area contributed by atoms with Gasteiger partial charge >= 0.3 is 6.18 Å². The lowest BCUT2D eigenvalue weighted by Crippen LogP contribution is -2.05. The third kappa shape index (κ3) is 3.56. The van der Waals surface area contributed by atoms with Crippen LogP contribution in [0.2, 0.25) is 10.0 Å². The minimum atomic E-state index is -4.46. The third-order valence-electron chi connectivity index (χ3n) is 4.34. The predicted octanol–water partition coefficient (Wildman–Crippen LogP) is 6.44. The smallest absolute Gasteiger partial charge is 0.354 e. The van der Waals surface area contributed by atoms with Crippen LogP contribution in [0.1, 0.15) is 24.0 Å². The fourth-order valence-electron chi connectivity index (χ4n) is 3.17. The number of H-pyrrole nitrogens is 1. The molecule has 0 radical (unpaired) electrons. The maximum atomic E-state index is 13.4. The van der Waals surface area contributed by atoms with Crippen molar-refractivity contribution in [3.05, 3.63) is 57.6 Å². The van der Waals surface area contributed by atoms with E-state index in [0.29, 0.717) is 39.7 Å². The van der Waals surface area contributed by atoms with Crippen molar-refractivity contribution < 1.29 is 13.2 Å². The molecule has 138 valence electrons. The fourth-order valence-corrected chi connectivity index (χ4v) is 3.75. The van der Waals surface area contributed by atoms with Gasteiger partial charge in [0.05, 0.1) is 26.8 Å². The molecule has 1 heterocycles. The number of alkyl halides is 3. The van der Waals surface area contributed by atoms with Crippen LogP contribution in [0.3, 0.4) is 0 Å². The molecule has 0 atom stereocenters. The molecule has 1 aromatic heterocycles. The third-order valence-corrected chi connectivity index (χ3v) is 4.97. The summed E-state index contributed by atoms with van der Waals surface area (Å²) in [6.07, 6.45) is -2.34. The lowest BCUT2D eigenvalue weighted by molar-refractivity contribution is -0.136. The zero-order chi connectivity index (χ0) is 18.9. The number of nitrogens with two attached hydrogens (primary N) is 1. The number of halogens is 5. The monoisotopic (exact) mass is 400 g/mol. The van der Waals surface area contributed by atoms with Gasteiger partial charge in [0.1, 0.15) is 0 Å². The zero-order valence-corrected chi connectivity index (χ0v) is 15.3. The number of aromatic amines is 1. The first-order valence-electron chi connectivity index (χ1n) is 8.19. The van der Waals surface area contributed by atoms with Crippen molar-refractivity contribution >= 4 is 34.1 Å². The van der Waals surface area contributed by atoms with Crippen LogP contribution in [0.25, 0.3) is 22.2 Å². The lowest BCUT2D eigenvalue weighted by Gasteiger charge is -2.09. The van der Waals surface area contributed by atoms with Gasteiger partial charge in [-0.25, -0.2) is 0 Å². The van der Waals surface area contributed by atoms with Gasteiger partial charge in [-0.1, -0.05) is 41.4 Å². The molecule has 2 aromatic carbocycles. The van der Waals surface area contributed by atoms with Crippen molar-refractivity contribution in [1.29, 1.82) is 0 Å². The normalized spacial score (nSPS) is 12.1. The van der Waals surface area contributed by atoms with Crippen molar-refractivity contribution in [3.8, 4) is 11.3 Å². The van der Waals surface area contributed by atoms with Crippen LogP contribution < -0.4 is 5.73 Å². The van der Waals surface area contributed by atoms with Crippen LogP contribution in [0.15, 0.2) is 36.4 Å². The van der Waals surface area contributed by atoms with E-state index in [2.05, 4.69) is 4.98 Å². The van der Waals surface area contributed by atoms with E-state index in [1.54, 1.807) is 24.3 Å². The van der Waals surface area contributed by atoms with Crippen LogP contribution >= 0.6 is 23.2 Å². The van der Waals surface area contributed by atoms with Crippen LogP contribution in [0.5, 0.6) is 0 Å². The van der Waals surface area contributed by atoms with Crippen molar-refractivity contribution in [2.45, 2.75) is 25.4 Å². The number of aryl methyl sites for hydroxylation is 1. The highest BCUT2D eigenvalue weighted by Gasteiger charge is 2.34. The summed E-state index contributed by atoms with van der Waals surface area (Å²) < 4.78 is 40.3. The number of rotatable bonds is 5. The first kappa shape index (κ1) is 19.1. The Bertz CT molecular complexity index is 912. The average molecular weight is 401 g/mol. The van der Waals surface area contributed by atoms with Crippen LogP contribution in [-0.2, 0) is 12.6 Å². The van der Waals surface area contributed by atoms with E-state index in [4.69, 9.17) is 28.9 Å². The summed E-state index contributed by atoms with van der Waals surface area (Å²) in [6, 6.07) is 9.22. The molecule has 7 heteroatoms. The Morgan fingerprint density at radius 1 is 0.962 bits per heavy atom. The Morgan fingerprint density at radius 3 is 2.23 bits per heavy atom. The number of nitrogens with one attached hydrogen (secondary N) is 1. The number of fused-ring (bicyclic) bond motifs is 1. The first-order chi connectivity index (χ1) is 12.3. The Kier molecular flexibility index (Phi) is 5.51. The first-order valence-corrected chi connectivity index (χ1v) is 8.95. The van der Waals surface area contributed by atoms with E-state index in [-0.39, 0.29) is 5.52 Å². The molecule has 3 rings (SSSR count). The van der Waals surface area contributed by atoms with Crippen molar-refractivity contribution in [3.63, 3.8) is 0 Å². The SMILES string of the molecule is NCCCCc1c(-c2c(Cl)cccc2Cl)[nH]c2c(C(F)(F)F)cccc12. The summed E-state index contributed by atoms with van der Waals surface area (Å²) in [5.41, 5.74) is 6.73. The molecule has 2 nitrogen and oxygen atoms in total. The van der Waals surface area contributed by atoms with Gasteiger partial charge in [-0.2, -0.15) is 13.2 Å². The summed E-state index contributed by atoms with van der Waals surface area (Å²) in [7, 11) is 0. The average Bonchev–Trinajstić information content (AvgIpc) is 2.92. The number of hydrogen-bond acceptors (Lipinski definition) is 1. The number of para-hydroxylation sites is 1. The Hall–Kier alpha value is -1.69. The molecule has 0 aliphatic carbocycles. The van der Waals surface area contributed by atoms with Gasteiger partial charge in [0.15, 0.2) is 0 Å². The summed E-state index contributed by atoms with van der Waals surface area (Å²) in [5.74, 6) is 0. The molecular formula is C19H17Cl2F3N2. The van der Waals surface area contributed by atoms with E-state index in [9.17, 15) is 13.2 Å². The number of aromatic nitrogens is 1. The Balaban J connectivity index is 2.29. The molecule has 3 aromatic rings. The molecule has 3 N–H and O–H groups in total. The van der Waals surface area contributed by atoms with E-state index >= 15 is 0 Å². The number of unbranched alkanes of at least 4 members (excludes halogenated alkanes) is 1. The Labute approximate surface area is 159 Å². The summed E-state index contributed by atoms with van der Waals surface area (Å²) in [6.45, 7) is 0.526. The number of hydrogen-bond donors (Lipinski definition) is 2. The minimum Gasteiger partial charge on any atom is -0.354 e. The highest BCUT2D eigenvalue weighted by Crippen LogP contribution is 2.42. The van der Waals surface area contributed by atoms with Gasteiger partial charge in [0.25, 0.3) is 0 Å². The highest BCUT2D eigenvalue weighted by molar-refractivity contribution is 6.39. The second-order valence-corrected chi connectivity index (χ2v) is 6.86. The van der Waals surface area contributed by atoms with Crippen LogP contribution in [0, 0.1) is 0 Å². The topological polar surface area (TPSA) is 41.8 Å². The standard InChI is InChI=1S/C19H17Cl2F3N2/c20-14-8-4-9-15(21)16(14)18-12(5-1-2-10-25)11-6-3-7-13(17(11)26-18)19(22,23)24/h3-4,6-9,26H,1-2,5,10,25H2. The van der Waals surface area contributed by atoms with E-state index in [1.807, 2.05) is 0 Å². The van der Waals surface area contributed by atoms with Crippen molar-refractivity contribution in [1.82, 2.24) is 4.98 Å². The summed E-state index contributed by atoms with van der Waals surface area (Å²) >= 11 is 12.6. The quantitative estimate of drug-likeness (QED) is 0.475. The van der Waals surface area contributed by atoms with Gasteiger partial charge < -0.3 is 10.7 Å². The van der Waals surface area contributed by atoms with E-state index in [0.717, 1.165) is 24.5 Å². The molecule has 0 aliphatic heterocycles. The van der Waals surface area contributed by atoms with Gasteiger partial charge in [-0.15, -0.1) is 0 Å². The van der Waals surface area contributed by atoms with Gasteiger partial charge in [-0.05, 0) is 49.6 Å². The molecule has 0 spiro atoms. The molecule has 0 aliphatic rings. The minimum absolute atomic E-state index is 0.0498. The van der Waals surface area contributed by atoms with Crippen molar-refractivity contribution in [2.24, 2.45) is 5.73 Å². The highest BCUT2D eigenvalue weighted by atomic mass is 35.5. The maximum absolute atomic E-state index is 13.4. The van der Waals surface area contributed by atoms with Gasteiger partial charge in [0, 0.05) is 10.9 Å². The molecule has 0 unspecified atom stereocenters. The Morgan fingerprint density at radius 2 is 1.62 bits per heavy atom. The van der Waals surface area contributed by atoms with Gasteiger partial charge in [-0.3, -0.25) is 0 Å². The van der Waals surface area contributed by atoms with Gasteiger partial charge in [0.2, 0.25) is 0 Å². The molecule has 0 saturated carbocycles. The van der Waals surface area contributed by atoms with Crippen LogP contribution in [0.4, 0.5) is 13.2 Å². The fraction of sp³-hybridized carbons (Fsp3) is 0.263. The van der Waals surface area contributed by atoms with Crippen LogP contribution in [-0.4, -0.2) is 11.5 Å². The maximum Gasteiger partial charge on any atom is 0.418 e. The van der Waals surface area contributed by atoms with Crippen molar-refractivity contribution in [2.75, 3.05) is 6.54 Å². The second-order valence-electron chi connectivity index (χ2n) is 6.05. The molecule has 0 fully saturated rings. The zero-order valence-electron chi connectivity index (χ0n) is 13.8. The molecular weight excluding hydrogens is 384 g/mol. The molecule has 0 amide bonds. The summed E-state index contributed by atoms with van der Waals surface area (Å²) in [5, 5.41) is 1.30. The molecule has 0 bridgehead atoms. The molecule has 0 saturated heterocycles. The largest absolute Gasteiger partial charge is 0.418 e.